The number of rotatable bonds is 4. The highest BCUT2D eigenvalue weighted by molar-refractivity contribution is 5.94. The van der Waals surface area contributed by atoms with Gasteiger partial charge in [-0.05, 0) is 20.3 Å². The van der Waals surface area contributed by atoms with Crippen LogP contribution in [-0.4, -0.2) is 45.5 Å². The van der Waals surface area contributed by atoms with E-state index >= 15 is 0 Å². The molecule has 1 aliphatic heterocycles. The molecule has 1 aromatic heterocycles. The Hall–Kier alpha value is -1.89. The second kappa shape index (κ2) is 6.26. The first-order valence-electron chi connectivity index (χ1n) is 7.33. The lowest BCUT2D eigenvalue weighted by Gasteiger charge is -2.39. The Morgan fingerprint density at radius 2 is 2.05 bits per heavy atom. The van der Waals surface area contributed by atoms with E-state index < -0.39 is 4.92 Å². The quantitative estimate of drug-likeness (QED) is 0.676. The van der Waals surface area contributed by atoms with Crippen LogP contribution in [0.25, 0.3) is 0 Å². The number of nitrogens with zero attached hydrogens (tertiary/aromatic N) is 3. The van der Waals surface area contributed by atoms with Gasteiger partial charge in [0.05, 0.1) is 11.1 Å². The Balaban J connectivity index is 2.34. The van der Waals surface area contributed by atoms with Gasteiger partial charge >= 0.3 is 0 Å². The molecule has 2 rings (SSSR count). The van der Waals surface area contributed by atoms with Gasteiger partial charge in [-0.25, -0.2) is 0 Å². The monoisotopic (exact) mass is 294 g/mol. The van der Waals surface area contributed by atoms with Crippen molar-refractivity contribution in [2.75, 3.05) is 13.1 Å². The van der Waals surface area contributed by atoms with Crippen molar-refractivity contribution in [2.45, 2.75) is 45.8 Å². The molecule has 2 unspecified atom stereocenters. The summed E-state index contributed by atoms with van der Waals surface area (Å²) in [5.41, 5.74) is 0.381. The average molecular weight is 294 g/mol. The first kappa shape index (κ1) is 15.5. The van der Waals surface area contributed by atoms with Gasteiger partial charge in [0.15, 0.2) is 0 Å². The molecule has 0 aromatic carbocycles. The van der Waals surface area contributed by atoms with Crippen molar-refractivity contribution in [3.05, 3.63) is 28.1 Å². The van der Waals surface area contributed by atoms with Gasteiger partial charge in [0.25, 0.3) is 11.6 Å². The summed E-state index contributed by atoms with van der Waals surface area (Å²) in [6, 6.07) is 1.54. The molecule has 1 amide bonds. The number of nitrogens with one attached hydrogen (secondary N) is 1. The molecule has 7 nitrogen and oxygen atoms in total. The highest BCUT2D eigenvalue weighted by Crippen LogP contribution is 2.21. The van der Waals surface area contributed by atoms with Crippen molar-refractivity contribution in [3.63, 3.8) is 0 Å². The third kappa shape index (κ3) is 3.07. The summed E-state index contributed by atoms with van der Waals surface area (Å²) in [4.78, 5) is 25.1. The lowest BCUT2D eigenvalue weighted by molar-refractivity contribution is -0.384. The summed E-state index contributed by atoms with van der Waals surface area (Å²) in [5, 5.41) is 14.2. The van der Waals surface area contributed by atoms with E-state index in [9.17, 15) is 14.9 Å². The van der Waals surface area contributed by atoms with Gasteiger partial charge in [0.2, 0.25) is 0 Å². The minimum atomic E-state index is -0.451. The topological polar surface area (TPSA) is 80.4 Å². The number of piperazine rings is 1. The first-order valence-corrected chi connectivity index (χ1v) is 7.33. The van der Waals surface area contributed by atoms with Gasteiger partial charge in [-0.15, -0.1) is 0 Å². The molecule has 2 atom stereocenters. The Morgan fingerprint density at radius 1 is 1.43 bits per heavy atom. The van der Waals surface area contributed by atoms with Crippen molar-refractivity contribution in [2.24, 2.45) is 0 Å². The van der Waals surface area contributed by atoms with Gasteiger partial charge in [0.1, 0.15) is 5.69 Å². The fourth-order valence-corrected chi connectivity index (χ4v) is 2.86. The SMILES string of the molecule is CCCn1cc([N+](=O)[O-])cc1C(=O)N1C(C)CNCC1C. The van der Waals surface area contributed by atoms with Crippen molar-refractivity contribution in [1.82, 2.24) is 14.8 Å². The normalized spacial score (nSPS) is 22.3. The fourth-order valence-electron chi connectivity index (χ4n) is 2.86. The van der Waals surface area contributed by atoms with Gasteiger partial charge in [-0.3, -0.25) is 14.9 Å². The number of carbonyl (C=O) groups is 1. The molecule has 0 bridgehead atoms. The predicted octanol–water partition coefficient (Wildman–Crippen LogP) is 1.63. The van der Waals surface area contributed by atoms with Crippen LogP contribution in [0, 0.1) is 10.1 Å². The number of hydrogen-bond donors (Lipinski definition) is 1. The van der Waals surface area contributed by atoms with Gasteiger partial charge < -0.3 is 14.8 Å². The van der Waals surface area contributed by atoms with E-state index in [-0.39, 0.29) is 23.7 Å². The summed E-state index contributed by atoms with van der Waals surface area (Å²) in [5.74, 6) is -0.127. The highest BCUT2D eigenvalue weighted by atomic mass is 16.6. The van der Waals surface area contributed by atoms with Crippen LogP contribution in [0.1, 0.15) is 37.7 Å². The number of amides is 1. The molecular formula is C14H22N4O3. The third-order valence-corrected chi connectivity index (χ3v) is 3.84. The molecule has 116 valence electrons. The lowest BCUT2D eigenvalue weighted by atomic mass is 10.1. The molecule has 0 aliphatic carbocycles. The third-order valence-electron chi connectivity index (χ3n) is 3.84. The van der Waals surface area contributed by atoms with Crippen molar-refractivity contribution < 1.29 is 9.72 Å². The summed E-state index contributed by atoms with van der Waals surface area (Å²) in [7, 11) is 0. The van der Waals surface area contributed by atoms with Gasteiger partial charge in [0, 0.05) is 37.8 Å². The van der Waals surface area contributed by atoms with E-state index in [4.69, 9.17) is 0 Å². The molecule has 1 fully saturated rings. The van der Waals surface area contributed by atoms with Crippen LogP contribution in [0.4, 0.5) is 5.69 Å². The Labute approximate surface area is 124 Å². The summed E-state index contributed by atoms with van der Waals surface area (Å²) >= 11 is 0. The van der Waals surface area contributed by atoms with Gasteiger partial charge in [-0.1, -0.05) is 6.92 Å². The zero-order valence-corrected chi connectivity index (χ0v) is 12.7. The molecule has 1 saturated heterocycles. The number of aryl methyl sites for hydroxylation is 1. The number of aromatic nitrogens is 1. The van der Waals surface area contributed by atoms with E-state index in [2.05, 4.69) is 5.32 Å². The van der Waals surface area contributed by atoms with E-state index in [1.54, 1.807) is 4.57 Å². The maximum atomic E-state index is 12.8. The lowest BCUT2D eigenvalue weighted by Crippen LogP contribution is -2.57. The zero-order chi connectivity index (χ0) is 15.6. The summed E-state index contributed by atoms with van der Waals surface area (Å²) in [6.45, 7) is 8.05. The van der Waals surface area contributed by atoms with Crippen LogP contribution in [0.15, 0.2) is 12.3 Å². The molecule has 1 aromatic rings. The molecule has 21 heavy (non-hydrogen) atoms. The molecule has 0 saturated carbocycles. The van der Waals surface area contributed by atoms with Crippen LogP contribution in [0.2, 0.25) is 0 Å². The van der Waals surface area contributed by atoms with E-state index in [1.807, 2.05) is 25.7 Å². The van der Waals surface area contributed by atoms with E-state index in [1.165, 1.54) is 12.3 Å². The van der Waals surface area contributed by atoms with Crippen LogP contribution in [0.5, 0.6) is 0 Å². The smallest absolute Gasteiger partial charge is 0.287 e. The number of hydrogen-bond acceptors (Lipinski definition) is 4. The van der Waals surface area contributed by atoms with Crippen LogP contribution in [0.3, 0.4) is 0 Å². The second-order valence-electron chi connectivity index (χ2n) is 5.60. The van der Waals surface area contributed by atoms with Crippen LogP contribution in [-0.2, 0) is 6.54 Å². The number of carbonyl (C=O) groups excluding carboxylic acids is 1. The van der Waals surface area contributed by atoms with Crippen molar-refractivity contribution in [1.29, 1.82) is 0 Å². The fraction of sp³-hybridized carbons (Fsp3) is 0.643. The molecule has 0 radical (unpaired) electrons. The molecule has 2 heterocycles. The Bertz CT molecular complexity index is 530. The molecule has 1 aliphatic rings. The first-order chi connectivity index (χ1) is 9.95. The predicted molar refractivity (Wildman–Crippen MR) is 79.3 cm³/mol. The van der Waals surface area contributed by atoms with Gasteiger partial charge in [-0.2, -0.15) is 0 Å². The number of nitro groups is 1. The minimum absolute atomic E-state index is 0.0257. The second-order valence-corrected chi connectivity index (χ2v) is 5.60. The van der Waals surface area contributed by atoms with E-state index in [0.717, 1.165) is 19.5 Å². The van der Waals surface area contributed by atoms with Crippen LogP contribution >= 0.6 is 0 Å². The standard InChI is InChI=1S/C14H22N4O3/c1-4-5-16-9-12(18(20)21)6-13(16)14(19)17-10(2)7-15-8-11(17)3/h6,9-11,15H,4-5,7-8H2,1-3H3. The largest absolute Gasteiger partial charge is 0.337 e. The molecule has 0 spiro atoms. The maximum Gasteiger partial charge on any atom is 0.287 e. The van der Waals surface area contributed by atoms with Crippen LogP contribution < -0.4 is 5.32 Å². The maximum absolute atomic E-state index is 12.8. The van der Waals surface area contributed by atoms with E-state index in [0.29, 0.717) is 12.2 Å². The average Bonchev–Trinajstić information content (AvgIpc) is 2.83. The summed E-state index contributed by atoms with van der Waals surface area (Å²) < 4.78 is 1.70. The summed E-state index contributed by atoms with van der Waals surface area (Å²) in [6.07, 6.45) is 2.27. The van der Waals surface area contributed by atoms with Crippen molar-refractivity contribution >= 4 is 11.6 Å². The highest BCUT2D eigenvalue weighted by Gasteiger charge is 2.32. The molecule has 1 N–H and O–H groups in total. The molecular weight excluding hydrogens is 272 g/mol. The minimum Gasteiger partial charge on any atom is -0.337 e. The van der Waals surface area contributed by atoms with Crippen molar-refractivity contribution in [3.8, 4) is 0 Å². The zero-order valence-electron chi connectivity index (χ0n) is 12.7. The molecule has 7 heteroatoms. The Kier molecular flexibility index (Phi) is 4.62. The Morgan fingerprint density at radius 3 is 2.57 bits per heavy atom.